The topological polar surface area (TPSA) is 94.5 Å². The minimum Gasteiger partial charge on any atom is -0.494 e. The van der Waals surface area contributed by atoms with Gasteiger partial charge < -0.3 is 14.6 Å². The van der Waals surface area contributed by atoms with Gasteiger partial charge in [-0.05, 0) is 68.8 Å². The molecule has 4 aromatic rings. The van der Waals surface area contributed by atoms with Crippen molar-refractivity contribution in [3.05, 3.63) is 94.3 Å². The first-order chi connectivity index (χ1) is 16.7. The second-order valence-electron chi connectivity index (χ2n) is 8.24. The monoisotopic (exact) mass is 490 g/mol. The van der Waals surface area contributed by atoms with E-state index in [-0.39, 0.29) is 27.6 Å². The number of fused-ring (bicyclic) bond motifs is 1. The number of pyridine rings is 1. The van der Waals surface area contributed by atoms with Gasteiger partial charge >= 0.3 is 0 Å². The van der Waals surface area contributed by atoms with Crippen LogP contribution in [-0.4, -0.2) is 25.5 Å². The number of anilines is 1. The van der Waals surface area contributed by atoms with Crippen LogP contribution in [-0.2, 0) is 21.2 Å². The second-order valence-corrected chi connectivity index (χ2v) is 10.2. The molecule has 0 bridgehead atoms. The number of carbonyl (C=O) groups is 1. The Labute approximate surface area is 203 Å². The molecule has 0 spiro atoms. The normalized spacial score (nSPS) is 11.4. The number of benzene rings is 3. The summed E-state index contributed by atoms with van der Waals surface area (Å²) >= 11 is 0. The van der Waals surface area contributed by atoms with Crippen molar-refractivity contribution in [2.75, 3.05) is 11.9 Å². The van der Waals surface area contributed by atoms with Crippen molar-refractivity contribution in [2.24, 2.45) is 0 Å². The number of ether oxygens (including phenoxy) is 1. The summed E-state index contributed by atoms with van der Waals surface area (Å²) in [6, 6.07) is 18.3. The van der Waals surface area contributed by atoms with Crippen LogP contribution in [0.5, 0.6) is 5.75 Å². The van der Waals surface area contributed by atoms with Gasteiger partial charge in [0.05, 0.1) is 17.0 Å². The van der Waals surface area contributed by atoms with Crippen LogP contribution in [0.2, 0.25) is 0 Å². The maximum atomic E-state index is 13.4. The van der Waals surface area contributed by atoms with Gasteiger partial charge in [-0.15, -0.1) is 0 Å². The summed E-state index contributed by atoms with van der Waals surface area (Å²) in [5.41, 5.74) is 2.53. The minimum absolute atomic E-state index is 0.0281. The fourth-order valence-corrected chi connectivity index (χ4v) is 5.32. The molecule has 3 aromatic carbocycles. The van der Waals surface area contributed by atoms with Crippen molar-refractivity contribution in [1.82, 2.24) is 4.57 Å². The van der Waals surface area contributed by atoms with Crippen LogP contribution in [0.25, 0.3) is 10.9 Å². The highest BCUT2D eigenvalue weighted by Gasteiger charge is 2.24. The van der Waals surface area contributed by atoms with Crippen molar-refractivity contribution >= 4 is 32.3 Å². The molecule has 0 aliphatic rings. The van der Waals surface area contributed by atoms with Gasteiger partial charge in [0.25, 0.3) is 0 Å². The third-order valence-electron chi connectivity index (χ3n) is 5.66. The van der Waals surface area contributed by atoms with Gasteiger partial charge in [0.1, 0.15) is 17.2 Å². The highest BCUT2D eigenvalue weighted by Crippen LogP contribution is 2.24. The SMILES string of the molecule is CCOc1ccc(S(=O)(=O)c2cn(CC(=O)Nc3ccc(C)cc3C)c3ccccc3c2=O)cc1. The predicted molar refractivity (Wildman–Crippen MR) is 136 cm³/mol. The molecule has 180 valence electrons. The fourth-order valence-electron chi connectivity index (χ4n) is 3.95. The molecule has 4 rings (SSSR count). The van der Waals surface area contributed by atoms with Gasteiger partial charge in [-0.3, -0.25) is 9.59 Å². The molecule has 0 fully saturated rings. The summed E-state index contributed by atoms with van der Waals surface area (Å²) in [5, 5.41) is 3.09. The lowest BCUT2D eigenvalue weighted by Crippen LogP contribution is -2.24. The van der Waals surface area contributed by atoms with Crippen LogP contribution in [0.4, 0.5) is 5.69 Å². The van der Waals surface area contributed by atoms with Crippen LogP contribution in [0, 0.1) is 13.8 Å². The number of amides is 1. The number of carbonyl (C=O) groups excluding carboxylic acids is 1. The summed E-state index contributed by atoms with van der Waals surface area (Å²) in [5.74, 6) is 0.195. The summed E-state index contributed by atoms with van der Waals surface area (Å²) in [6.45, 7) is 5.99. The molecule has 35 heavy (non-hydrogen) atoms. The summed E-state index contributed by atoms with van der Waals surface area (Å²) in [6.07, 6.45) is 1.25. The van der Waals surface area contributed by atoms with Gasteiger partial charge in [0, 0.05) is 17.3 Å². The Morgan fingerprint density at radius 1 is 1.00 bits per heavy atom. The molecule has 0 atom stereocenters. The lowest BCUT2D eigenvalue weighted by molar-refractivity contribution is -0.116. The first-order valence-electron chi connectivity index (χ1n) is 11.2. The largest absolute Gasteiger partial charge is 0.494 e. The van der Waals surface area contributed by atoms with E-state index in [1.54, 1.807) is 36.4 Å². The van der Waals surface area contributed by atoms with Gasteiger partial charge in [-0.2, -0.15) is 0 Å². The van der Waals surface area contributed by atoms with E-state index in [0.717, 1.165) is 11.1 Å². The Morgan fingerprint density at radius 2 is 1.71 bits per heavy atom. The highest BCUT2D eigenvalue weighted by molar-refractivity contribution is 7.91. The molecule has 0 radical (unpaired) electrons. The van der Waals surface area contributed by atoms with Crippen molar-refractivity contribution < 1.29 is 17.9 Å². The van der Waals surface area contributed by atoms with E-state index in [1.807, 2.05) is 39.0 Å². The minimum atomic E-state index is -4.14. The molecule has 1 N–H and O–H groups in total. The smallest absolute Gasteiger partial charge is 0.244 e. The van der Waals surface area contributed by atoms with Crippen LogP contribution in [0.3, 0.4) is 0 Å². The van der Waals surface area contributed by atoms with Crippen LogP contribution in [0.1, 0.15) is 18.1 Å². The number of nitrogens with one attached hydrogen (secondary N) is 1. The maximum Gasteiger partial charge on any atom is 0.244 e. The number of hydrogen-bond donors (Lipinski definition) is 1. The summed E-state index contributed by atoms with van der Waals surface area (Å²) in [7, 11) is -4.14. The molecule has 0 unspecified atom stereocenters. The molecule has 7 nitrogen and oxygen atoms in total. The fraction of sp³-hybridized carbons (Fsp3) is 0.185. The standard InChI is InChI=1S/C27H26N2O5S/c1-4-34-20-10-12-21(13-11-20)35(32,33)25-16-29(24-8-6-5-7-22(24)27(25)31)17-26(30)28-23-14-9-18(2)15-19(23)3/h5-16H,4,17H2,1-3H3,(H,28,30). The van der Waals surface area contributed by atoms with Crippen molar-refractivity contribution in [2.45, 2.75) is 37.1 Å². The first kappa shape index (κ1) is 24.2. The van der Waals surface area contributed by atoms with Crippen LogP contribution in [0.15, 0.2) is 87.5 Å². The molecular formula is C27H26N2O5S. The van der Waals surface area contributed by atoms with E-state index in [4.69, 9.17) is 4.74 Å². The third kappa shape index (κ3) is 4.97. The number of nitrogens with zero attached hydrogens (tertiary/aromatic N) is 1. The quantitative estimate of drug-likeness (QED) is 0.412. The Bertz CT molecular complexity index is 1570. The molecule has 0 aliphatic carbocycles. The summed E-state index contributed by atoms with van der Waals surface area (Å²) in [4.78, 5) is 25.7. The van der Waals surface area contributed by atoms with Gasteiger partial charge in [-0.25, -0.2) is 8.42 Å². The van der Waals surface area contributed by atoms with Gasteiger partial charge in [0.2, 0.25) is 21.2 Å². The van der Waals surface area contributed by atoms with Crippen molar-refractivity contribution in [3.63, 3.8) is 0 Å². The zero-order valence-electron chi connectivity index (χ0n) is 19.7. The lowest BCUT2D eigenvalue weighted by atomic mass is 10.1. The number of rotatable bonds is 7. The van der Waals surface area contributed by atoms with E-state index in [0.29, 0.717) is 23.6 Å². The summed E-state index contributed by atoms with van der Waals surface area (Å²) < 4.78 is 33.7. The number of aryl methyl sites for hydroxylation is 2. The van der Waals surface area contributed by atoms with E-state index >= 15 is 0 Å². The Balaban J connectivity index is 1.75. The maximum absolute atomic E-state index is 13.4. The first-order valence-corrected chi connectivity index (χ1v) is 12.7. The average Bonchev–Trinajstić information content (AvgIpc) is 2.83. The molecular weight excluding hydrogens is 464 g/mol. The average molecular weight is 491 g/mol. The van der Waals surface area contributed by atoms with Crippen molar-refractivity contribution in [1.29, 1.82) is 0 Å². The second kappa shape index (κ2) is 9.76. The van der Waals surface area contributed by atoms with E-state index in [1.165, 1.54) is 22.9 Å². The Morgan fingerprint density at radius 3 is 2.40 bits per heavy atom. The van der Waals surface area contributed by atoms with E-state index in [9.17, 15) is 18.0 Å². The molecule has 1 amide bonds. The van der Waals surface area contributed by atoms with Gasteiger partial charge in [-0.1, -0.05) is 29.8 Å². The number of aromatic nitrogens is 1. The van der Waals surface area contributed by atoms with E-state index < -0.39 is 15.3 Å². The van der Waals surface area contributed by atoms with Crippen LogP contribution < -0.4 is 15.5 Å². The van der Waals surface area contributed by atoms with Crippen LogP contribution >= 0.6 is 0 Å². The van der Waals surface area contributed by atoms with E-state index in [2.05, 4.69) is 5.32 Å². The lowest BCUT2D eigenvalue weighted by Gasteiger charge is -2.15. The zero-order chi connectivity index (χ0) is 25.2. The molecule has 0 aliphatic heterocycles. The predicted octanol–water partition coefficient (Wildman–Crippen LogP) is 4.49. The molecule has 0 saturated carbocycles. The van der Waals surface area contributed by atoms with Crippen molar-refractivity contribution in [3.8, 4) is 5.75 Å². The zero-order valence-corrected chi connectivity index (χ0v) is 20.6. The molecule has 0 saturated heterocycles. The third-order valence-corrected chi connectivity index (χ3v) is 7.42. The number of hydrogen-bond acceptors (Lipinski definition) is 5. The Kier molecular flexibility index (Phi) is 6.75. The Hall–Kier alpha value is -3.91. The molecule has 1 aromatic heterocycles. The number of para-hydroxylation sites is 1. The molecule has 8 heteroatoms. The number of sulfone groups is 1. The molecule has 1 heterocycles. The van der Waals surface area contributed by atoms with Gasteiger partial charge in [0.15, 0.2) is 0 Å². The highest BCUT2D eigenvalue weighted by atomic mass is 32.2.